The largest absolute Gasteiger partial charge is 0.382 e. The minimum atomic E-state index is -0.427. The highest BCUT2D eigenvalue weighted by Gasteiger charge is 2.24. The molecule has 1 aliphatic rings. The summed E-state index contributed by atoms with van der Waals surface area (Å²) in [4.78, 5) is 24.0. The standard InChI is InChI=1S/C15H21N3O2/c1-10(2)17-12-7-4-3-6-11(12)14(19)18-13-8-5-9-16-15(13)20/h3-4,6-7,10,13,17H,5,8-9H2,1-2H3,(H,16,20)(H,18,19). The molecule has 5 heteroatoms. The normalized spacial score (nSPS) is 18.6. The van der Waals surface area contributed by atoms with Crippen LogP contribution in [-0.4, -0.2) is 30.4 Å². The summed E-state index contributed by atoms with van der Waals surface area (Å²) in [5, 5.41) is 8.82. The smallest absolute Gasteiger partial charge is 0.254 e. The molecule has 1 saturated heterocycles. The molecule has 0 radical (unpaired) electrons. The first kappa shape index (κ1) is 14.4. The SMILES string of the molecule is CC(C)Nc1ccccc1C(=O)NC1CCCNC1=O. The van der Waals surface area contributed by atoms with Crippen LogP contribution < -0.4 is 16.0 Å². The van der Waals surface area contributed by atoms with Crippen molar-refractivity contribution in [1.29, 1.82) is 0 Å². The Hall–Kier alpha value is -2.04. The van der Waals surface area contributed by atoms with Crippen molar-refractivity contribution in [3.63, 3.8) is 0 Å². The molecule has 0 saturated carbocycles. The quantitative estimate of drug-likeness (QED) is 0.780. The van der Waals surface area contributed by atoms with Crippen LogP contribution >= 0.6 is 0 Å². The Balaban J connectivity index is 2.10. The van der Waals surface area contributed by atoms with Crippen LogP contribution in [0.3, 0.4) is 0 Å². The monoisotopic (exact) mass is 275 g/mol. The van der Waals surface area contributed by atoms with Crippen LogP contribution in [0.2, 0.25) is 0 Å². The highest BCUT2D eigenvalue weighted by atomic mass is 16.2. The zero-order valence-corrected chi connectivity index (χ0v) is 11.9. The minimum absolute atomic E-state index is 0.0982. The maximum Gasteiger partial charge on any atom is 0.254 e. The Morgan fingerprint density at radius 1 is 1.35 bits per heavy atom. The number of anilines is 1. The van der Waals surface area contributed by atoms with Crippen LogP contribution in [-0.2, 0) is 4.79 Å². The van der Waals surface area contributed by atoms with Gasteiger partial charge in [0.1, 0.15) is 6.04 Å². The average molecular weight is 275 g/mol. The third-order valence-corrected chi connectivity index (χ3v) is 3.21. The molecular formula is C15H21N3O2. The lowest BCUT2D eigenvalue weighted by Crippen LogP contribution is -2.50. The molecule has 3 N–H and O–H groups in total. The third-order valence-electron chi connectivity index (χ3n) is 3.21. The highest BCUT2D eigenvalue weighted by Crippen LogP contribution is 2.16. The molecule has 2 amide bonds. The summed E-state index contributed by atoms with van der Waals surface area (Å²) in [5.74, 6) is -0.310. The predicted octanol–water partition coefficient (Wildman–Crippen LogP) is 1.52. The van der Waals surface area contributed by atoms with E-state index in [1.54, 1.807) is 6.07 Å². The van der Waals surface area contributed by atoms with Gasteiger partial charge in [0.05, 0.1) is 5.56 Å². The van der Waals surface area contributed by atoms with Crippen LogP contribution in [0.25, 0.3) is 0 Å². The van der Waals surface area contributed by atoms with Gasteiger partial charge in [-0.05, 0) is 38.8 Å². The van der Waals surface area contributed by atoms with Gasteiger partial charge in [0.15, 0.2) is 0 Å². The third kappa shape index (κ3) is 3.50. The van der Waals surface area contributed by atoms with Gasteiger partial charge in [-0.25, -0.2) is 0 Å². The molecule has 1 aromatic rings. The fourth-order valence-electron chi connectivity index (χ4n) is 2.26. The summed E-state index contributed by atoms with van der Waals surface area (Å²) in [5.41, 5.74) is 1.36. The second-order valence-corrected chi connectivity index (χ2v) is 5.30. The first-order valence-electron chi connectivity index (χ1n) is 7.02. The molecule has 1 aliphatic heterocycles. The predicted molar refractivity (Wildman–Crippen MR) is 78.7 cm³/mol. The molecule has 2 rings (SSSR count). The minimum Gasteiger partial charge on any atom is -0.382 e. The first-order valence-corrected chi connectivity index (χ1v) is 7.02. The lowest BCUT2D eigenvalue weighted by atomic mass is 10.1. The molecular weight excluding hydrogens is 254 g/mol. The number of amides is 2. The van der Waals surface area contributed by atoms with Crippen LogP contribution in [0.4, 0.5) is 5.69 Å². The van der Waals surface area contributed by atoms with E-state index in [-0.39, 0.29) is 17.9 Å². The van der Waals surface area contributed by atoms with Crippen LogP contribution in [0.5, 0.6) is 0 Å². The molecule has 1 atom stereocenters. The maximum atomic E-state index is 12.3. The fourth-order valence-corrected chi connectivity index (χ4v) is 2.26. The van der Waals surface area contributed by atoms with Gasteiger partial charge >= 0.3 is 0 Å². The number of piperidine rings is 1. The van der Waals surface area contributed by atoms with Gasteiger partial charge in [-0.2, -0.15) is 0 Å². The average Bonchev–Trinajstić information content (AvgIpc) is 2.41. The van der Waals surface area contributed by atoms with Crippen LogP contribution in [0.1, 0.15) is 37.0 Å². The number of carbonyl (C=O) groups is 2. The van der Waals surface area contributed by atoms with E-state index in [0.29, 0.717) is 18.5 Å². The molecule has 20 heavy (non-hydrogen) atoms. The van der Waals surface area contributed by atoms with Crippen molar-refractivity contribution < 1.29 is 9.59 Å². The topological polar surface area (TPSA) is 70.2 Å². The van der Waals surface area contributed by atoms with Gasteiger partial charge in [0.25, 0.3) is 5.91 Å². The van der Waals surface area contributed by atoms with Gasteiger partial charge in [-0.3, -0.25) is 9.59 Å². The van der Waals surface area contributed by atoms with Crippen molar-refractivity contribution in [2.24, 2.45) is 0 Å². The summed E-state index contributed by atoms with van der Waals surface area (Å²) in [6.45, 7) is 4.73. The van der Waals surface area contributed by atoms with E-state index in [4.69, 9.17) is 0 Å². The Bertz CT molecular complexity index is 500. The number of hydrogen-bond donors (Lipinski definition) is 3. The number of carbonyl (C=O) groups excluding carboxylic acids is 2. The number of nitrogens with one attached hydrogen (secondary N) is 3. The van der Waals surface area contributed by atoms with Gasteiger partial charge in [-0.15, -0.1) is 0 Å². The van der Waals surface area contributed by atoms with Crippen molar-refractivity contribution in [2.45, 2.75) is 38.8 Å². The molecule has 1 unspecified atom stereocenters. The van der Waals surface area contributed by atoms with Crippen molar-refractivity contribution in [1.82, 2.24) is 10.6 Å². The Morgan fingerprint density at radius 3 is 2.80 bits per heavy atom. The van der Waals surface area contributed by atoms with Crippen molar-refractivity contribution in [3.05, 3.63) is 29.8 Å². The van der Waals surface area contributed by atoms with Crippen LogP contribution in [0.15, 0.2) is 24.3 Å². The van der Waals surface area contributed by atoms with Gasteiger partial charge in [-0.1, -0.05) is 12.1 Å². The number of hydrogen-bond acceptors (Lipinski definition) is 3. The lowest BCUT2D eigenvalue weighted by Gasteiger charge is -2.23. The zero-order chi connectivity index (χ0) is 14.5. The molecule has 0 bridgehead atoms. The molecule has 0 aromatic heterocycles. The second-order valence-electron chi connectivity index (χ2n) is 5.30. The van der Waals surface area contributed by atoms with E-state index >= 15 is 0 Å². The fraction of sp³-hybridized carbons (Fsp3) is 0.467. The summed E-state index contributed by atoms with van der Waals surface area (Å²) in [6.07, 6.45) is 1.58. The summed E-state index contributed by atoms with van der Waals surface area (Å²) < 4.78 is 0. The summed E-state index contributed by atoms with van der Waals surface area (Å²) in [7, 11) is 0. The molecule has 1 fully saturated rings. The van der Waals surface area contributed by atoms with Crippen molar-refractivity contribution >= 4 is 17.5 Å². The number of rotatable bonds is 4. The zero-order valence-electron chi connectivity index (χ0n) is 11.9. The lowest BCUT2D eigenvalue weighted by molar-refractivity contribution is -0.124. The molecule has 5 nitrogen and oxygen atoms in total. The van der Waals surface area contributed by atoms with Gasteiger partial charge in [0, 0.05) is 18.3 Å². The Labute approximate surface area is 119 Å². The van der Waals surface area contributed by atoms with E-state index in [1.807, 2.05) is 32.0 Å². The first-order chi connectivity index (χ1) is 9.58. The Morgan fingerprint density at radius 2 is 2.10 bits per heavy atom. The van der Waals surface area contributed by atoms with E-state index in [0.717, 1.165) is 12.1 Å². The van der Waals surface area contributed by atoms with Gasteiger partial charge < -0.3 is 16.0 Å². The van der Waals surface area contributed by atoms with Crippen LogP contribution in [0, 0.1) is 0 Å². The van der Waals surface area contributed by atoms with Crippen molar-refractivity contribution in [3.8, 4) is 0 Å². The maximum absolute atomic E-state index is 12.3. The molecule has 1 heterocycles. The number of para-hydroxylation sites is 1. The molecule has 1 aromatic carbocycles. The van der Waals surface area contributed by atoms with E-state index < -0.39 is 6.04 Å². The molecule has 0 spiro atoms. The molecule has 0 aliphatic carbocycles. The van der Waals surface area contributed by atoms with Crippen molar-refractivity contribution in [2.75, 3.05) is 11.9 Å². The summed E-state index contributed by atoms with van der Waals surface area (Å²) in [6, 6.07) is 7.15. The number of benzene rings is 1. The van der Waals surface area contributed by atoms with E-state index in [1.165, 1.54) is 0 Å². The Kier molecular flexibility index (Phi) is 4.61. The second kappa shape index (κ2) is 6.41. The summed E-state index contributed by atoms with van der Waals surface area (Å²) >= 11 is 0. The van der Waals surface area contributed by atoms with E-state index in [9.17, 15) is 9.59 Å². The highest BCUT2D eigenvalue weighted by molar-refractivity contribution is 6.01. The van der Waals surface area contributed by atoms with Gasteiger partial charge in [0.2, 0.25) is 5.91 Å². The van der Waals surface area contributed by atoms with E-state index in [2.05, 4.69) is 16.0 Å². The molecule has 108 valence electrons.